The molecule has 0 saturated carbocycles. The van der Waals surface area contributed by atoms with E-state index in [1.54, 1.807) is 11.8 Å². The third-order valence-corrected chi connectivity index (χ3v) is 3.23. The minimum absolute atomic E-state index is 0.223. The second kappa shape index (κ2) is 5.71. The molecule has 0 amide bonds. The van der Waals surface area contributed by atoms with Crippen LogP contribution in [0.15, 0.2) is 46.2 Å². The Morgan fingerprint density at radius 2 is 2.16 bits per heavy atom. The minimum atomic E-state index is -0.736. The van der Waals surface area contributed by atoms with Crippen LogP contribution in [-0.2, 0) is 4.74 Å². The van der Waals surface area contributed by atoms with E-state index in [1.165, 1.54) is 24.1 Å². The number of hydrogen-bond acceptors (Lipinski definition) is 5. The van der Waals surface area contributed by atoms with Gasteiger partial charge in [0.2, 0.25) is 11.1 Å². The first-order valence-electron chi connectivity index (χ1n) is 5.48. The molecule has 1 heterocycles. The molecule has 0 spiro atoms. The molecule has 98 valence electrons. The Balaban J connectivity index is 2.51. The van der Waals surface area contributed by atoms with Gasteiger partial charge in [0.15, 0.2) is 0 Å². The molecular formula is C13H12N2O3S. The zero-order valence-corrected chi connectivity index (χ0v) is 11.3. The summed E-state index contributed by atoms with van der Waals surface area (Å²) in [5, 5.41) is 4.01. The molecular weight excluding hydrogens is 264 g/mol. The average molecular weight is 276 g/mol. The van der Waals surface area contributed by atoms with Crippen molar-refractivity contribution in [3.05, 3.63) is 52.4 Å². The van der Waals surface area contributed by atoms with Crippen LogP contribution in [0.2, 0.25) is 0 Å². The van der Waals surface area contributed by atoms with E-state index < -0.39 is 11.4 Å². The number of rotatable bonds is 3. The van der Waals surface area contributed by atoms with Gasteiger partial charge in [-0.2, -0.15) is 5.10 Å². The Kier molecular flexibility index (Phi) is 4.01. The highest BCUT2D eigenvalue weighted by molar-refractivity contribution is 7.98. The van der Waals surface area contributed by atoms with Crippen molar-refractivity contribution >= 4 is 17.7 Å². The lowest BCUT2D eigenvalue weighted by atomic mass is 10.3. The Morgan fingerprint density at radius 3 is 2.84 bits per heavy atom. The molecule has 1 aromatic carbocycles. The van der Waals surface area contributed by atoms with Gasteiger partial charge >= 0.3 is 5.97 Å². The number of aromatic nitrogens is 2. The second-order valence-electron chi connectivity index (χ2n) is 3.67. The van der Waals surface area contributed by atoms with E-state index in [0.717, 1.165) is 10.6 Å². The van der Waals surface area contributed by atoms with Crippen LogP contribution >= 0.6 is 11.8 Å². The molecule has 0 aliphatic rings. The fourth-order valence-electron chi connectivity index (χ4n) is 1.54. The molecule has 2 rings (SSSR count). The van der Waals surface area contributed by atoms with Gasteiger partial charge < -0.3 is 4.74 Å². The molecule has 0 saturated heterocycles. The van der Waals surface area contributed by atoms with E-state index in [4.69, 9.17) is 0 Å². The minimum Gasteiger partial charge on any atom is -0.464 e. The van der Waals surface area contributed by atoms with Crippen molar-refractivity contribution in [1.29, 1.82) is 0 Å². The number of benzene rings is 1. The van der Waals surface area contributed by atoms with Crippen LogP contribution in [0.4, 0.5) is 0 Å². The van der Waals surface area contributed by atoms with Crippen LogP contribution < -0.4 is 5.43 Å². The molecule has 1 aromatic heterocycles. The highest BCUT2D eigenvalue weighted by Gasteiger charge is 2.13. The normalized spacial score (nSPS) is 10.2. The predicted molar refractivity (Wildman–Crippen MR) is 73.0 cm³/mol. The SMILES string of the molecule is COC(=O)c1nn(-c2cccc(SC)c2)ccc1=O. The molecule has 0 fully saturated rings. The lowest BCUT2D eigenvalue weighted by Crippen LogP contribution is -2.21. The van der Waals surface area contributed by atoms with E-state index in [0.29, 0.717) is 0 Å². The second-order valence-corrected chi connectivity index (χ2v) is 4.55. The molecule has 0 aliphatic heterocycles. The zero-order valence-electron chi connectivity index (χ0n) is 10.5. The molecule has 5 nitrogen and oxygen atoms in total. The van der Waals surface area contributed by atoms with Crippen LogP contribution in [0.25, 0.3) is 5.69 Å². The number of thioether (sulfide) groups is 1. The summed E-state index contributed by atoms with van der Waals surface area (Å²) in [5.41, 5.74) is 0.0979. The van der Waals surface area contributed by atoms with Crippen molar-refractivity contribution in [3.63, 3.8) is 0 Å². The zero-order chi connectivity index (χ0) is 13.8. The van der Waals surface area contributed by atoms with Crippen LogP contribution in [0.1, 0.15) is 10.5 Å². The number of carbonyl (C=O) groups is 1. The van der Waals surface area contributed by atoms with Crippen molar-refractivity contribution in [2.24, 2.45) is 0 Å². The van der Waals surface area contributed by atoms with Crippen molar-refractivity contribution in [2.45, 2.75) is 4.90 Å². The number of esters is 1. The van der Waals surface area contributed by atoms with E-state index >= 15 is 0 Å². The van der Waals surface area contributed by atoms with Crippen molar-refractivity contribution in [2.75, 3.05) is 13.4 Å². The highest BCUT2D eigenvalue weighted by Crippen LogP contribution is 2.17. The first-order chi connectivity index (χ1) is 9.15. The predicted octanol–water partition coefficient (Wildman–Crippen LogP) is 1.74. The maximum atomic E-state index is 11.5. The third kappa shape index (κ3) is 2.85. The van der Waals surface area contributed by atoms with Gasteiger partial charge in [-0.05, 0) is 24.5 Å². The van der Waals surface area contributed by atoms with Gasteiger partial charge in [-0.15, -0.1) is 11.8 Å². The smallest absolute Gasteiger partial charge is 0.362 e. The molecule has 0 aliphatic carbocycles. The monoisotopic (exact) mass is 276 g/mol. The average Bonchev–Trinajstić information content (AvgIpc) is 2.47. The van der Waals surface area contributed by atoms with E-state index in [9.17, 15) is 9.59 Å². The van der Waals surface area contributed by atoms with E-state index in [-0.39, 0.29) is 5.69 Å². The van der Waals surface area contributed by atoms with Crippen molar-refractivity contribution in [3.8, 4) is 5.69 Å². The molecule has 0 atom stereocenters. The Bertz CT molecular complexity index is 667. The summed E-state index contributed by atoms with van der Waals surface area (Å²) in [4.78, 5) is 24.1. The maximum absolute atomic E-state index is 11.5. The number of methoxy groups -OCH3 is 1. The van der Waals surface area contributed by atoms with Crippen LogP contribution in [0.3, 0.4) is 0 Å². The molecule has 0 unspecified atom stereocenters. The molecule has 2 aromatic rings. The summed E-state index contributed by atoms with van der Waals surface area (Å²) in [6.45, 7) is 0. The van der Waals surface area contributed by atoms with Gasteiger partial charge in [-0.1, -0.05) is 6.07 Å². The lowest BCUT2D eigenvalue weighted by molar-refractivity contribution is 0.0590. The Hall–Kier alpha value is -2.08. The summed E-state index contributed by atoms with van der Waals surface area (Å²) in [6.07, 6.45) is 3.49. The van der Waals surface area contributed by atoms with Gasteiger partial charge in [0, 0.05) is 17.2 Å². The van der Waals surface area contributed by atoms with E-state index in [1.807, 2.05) is 30.5 Å². The lowest BCUT2D eigenvalue weighted by Gasteiger charge is -2.07. The first-order valence-corrected chi connectivity index (χ1v) is 6.71. The molecule has 0 N–H and O–H groups in total. The van der Waals surface area contributed by atoms with Gasteiger partial charge in [-0.25, -0.2) is 9.48 Å². The van der Waals surface area contributed by atoms with Gasteiger partial charge in [0.05, 0.1) is 12.8 Å². The standard InChI is InChI=1S/C13H12N2O3S/c1-18-13(17)12-11(16)6-7-15(14-12)9-4-3-5-10(8-9)19-2/h3-8H,1-2H3. The number of nitrogens with zero attached hydrogens (tertiary/aromatic N) is 2. The number of carbonyl (C=O) groups excluding carboxylic acids is 1. The number of hydrogen-bond donors (Lipinski definition) is 0. The Morgan fingerprint density at radius 1 is 1.37 bits per heavy atom. The number of ether oxygens (including phenoxy) is 1. The van der Waals surface area contributed by atoms with Crippen molar-refractivity contribution < 1.29 is 9.53 Å². The fourth-order valence-corrected chi connectivity index (χ4v) is 2.00. The summed E-state index contributed by atoms with van der Waals surface area (Å²) < 4.78 is 6.01. The van der Waals surface area contributed by atoms with Crippen LogP contribution in [0.5, 0.6) is 0 Å². The molecule has 19 heavy (non-hydrogen) atoms. The quantitative estimate of drug-likeness (QED) is 0.631. The first kappa shape index (κ1) is 13.4. The molecule has 6 heteroatoms. The topological polar surface area (TPSA) is 61.2 Å². The Labute approximate surface area is 114 Å². The summed E-state index contributed by atoms with van der Waals surface area (Å²) in [7, 11) is 1.22. The van der Waals surface area contributed by atoms with Crippen LogP contribution in [-0.4, -0.2) is 29.1 Å². The maximum Gasteiger partial charge on any atom is 0.362 e. The van der Waals surface area contributed by atoms with Gasteiger partial charge in [-0.3, -0.25) is 4.79 Å². The van der Waals surface area contributed by atoms with Crippen LogP contribution in [0, 0.1) is 0 Å². The van der Waals surface area contributed by atoms with E-state index in [2.05, 4.69) is 9.84 Å². The summed E-state index contributed by atoms with van der Waals surface area (Å²) >= 11 is 1.60. The largest absolute Gasteiger partial charge is 0.464 e. The van der Waals surface area contributed by atoms with Gasteiger partial charge in [0.1, 0.15) is 0 Å². The fraction of sp³-hybridized carbons (Fsp3) is 0.154. The summed E-state index contributed by atoms with van der Waals surface area (Å²) in [5.74, 6) is -0.736. The molecule has 0 radical (unpaired) electrons. The summed E-state index contributed by atoms with van der Waals surface area (Å²) in [6, 6.07) is 8.92. The van der Waals surface area contributed by atoms with Crippen molar-refractivity contribution in [1.82, 2.24) is 9.78 Å². The highest BCUT2D eigenvalue weighted by atomic mass is 32.2. The third-order valence-electron chi connectivity index (χ3n) is 2.50. The van der Waals surface area contributed by atoms with Gasteiger partial charge in [0.25, 0.3) is 0 Å². The molecule has 0 bridgehead atoms.